The van der Waals surface area contributed by atoms with Crippen molar-refractivity contribution in [2.75, 3.05) is 5.73 Å². The molecule has 2 N–H and O–H groups in total. The van der Waals surface area contributed by atoms with E-state index in [1.54, 1.807) is 5.51 Å². The summed E-state index contributed by atoms with van der Waals surface area (Å²) < 4.78 is 0. The third-order valence-electron chi connectivity index (χ3n) is 2.04. The average Bonchev–Trinajstić information content (AvgIpc) is 2.57. The standard InChI is InChI=1S/C10H9ClN2S/c1-6-2-3-7(4-8(6)11)9-10(12)14-5-13-9/h2-5H,12H2,1H3. The number of hydrogen-bond acceptors (Lipinski definition) is 3. The van der Waals surface area contributed by atoms with Gasteiger partial charge in [0.2, 0.25) is 0 Å². The van der Waals surface area contributed by atoms with E-state index in [4.69, 9.17) is 17.3 Å². The summed E-state index contributed by atoms with van der Waals surface area (Å²) in [4.78, 5) is 4.19. The Kier molecular flexibility index (Phi) is 2.44. The number of rotatable bonds is 1. The molecule has 2 rings (SSSR count). The second-order valence-electron chi connectivity index (χ2n) is 3.03. The normalized spacial score (nSPS) is 10.4. The molecule has 4 heteroatoms. The lowest BCUT2D eigenvalue weighted by Gasteiger charge is -2.01. The number of halogens is 1. The monoisotopic (exact) mass is 224 g/mol. The van der Waals surface area contributed by atoms with Crippen molar-refractivity contribution in [1.29, 1.82) is 0 Å². The molecule has 1 heterocycles. The van der Waals surface area contributed by atoms with E-state index in [0.29, 0.717) is 0 Å². The Balaban J connectivity index is 2.53. The van der Waals surface area contributed by atoms with Crippen LogP contribution in [0, 0.1) is 6.92 Å². The van der Waals surface area contributed by atoms with Crippen LogP contribution in [0.25, 0.3) is 11.3 Å². The third-order valence-corrected chi connectivity index (χ3v) is 3.11. The maximum Gasteiger partial charge on any atom is 0.114 e. The molecular formula is C10H9ClN2S. The molecule has 0 unspecified atom stereocenters. The van der Waals surface area contributed by atoms with Crippen molar-refractivity contribution in [3.63, 3.8) is 0 Å². The van der Waals surface area contributed by atoms with Crippen molar-refractivity contribution in [1.82, 2.24) is 4.98 Å². The van der Waals surface area contributed by atoms with Crippen LogP contribution < -0.4 is 5.73 Å². The van der Waals surface area contributed by atoms with Crippen molar-refractivity contribution in [2.24, 2.45) is 0 Å². The quantitative estimate of drug-likeness (QED) is 0.807. The largest absolute Gasteiger partial charge is 0.389 e. The number of nitrogen functional groups attached to an aromatic ring is 1. The molecule has 0 aliphatic heterocycles. The highest BCUT2D eigenvalue weighted by atomic mass is 35.5. The lowest BCUT2D eigenvalue weighted by molar-refractivity contribution is 1.39. The minimum Gasteiger partial charge on any atom is -0.389 e. The van der Waals surface area contributed by atoms with E-state index in [0.717, 1.165) is 26.8 Å². The highest BCUT2D eigenvalue weighted by molar-refractivity contribution is 7.14. The van der Waals surface area contributed by atoms with Crippen LogP contribution in [0.3, 0.4) is 0 Å². The number of anilines is 1. The van der Waals surface area contributed by atoms with E-state index in [1.807, 2.05) is 25.1 Å². The van der Waals surface area contributed by atoms with Crippen LogP contribution in [-0.4, -0.2) is 4.98 Å². The Morgan fingerprint density at radius 2 is 2.21 bits per heavy atom. The van der Waals surface area contributed by atoms with Gasteiger partial charge < -0.3 is 5.73 Å². The van der Waals surface area contributed by atoms with E-state index in [1.165, 1.54) is 11.3 Å². The van der Waals surface area contributed by atoms with Gasteiger partial charge in [0, 0.05) is 10.6 Å². The molecule has 2 aromatic rings. The molecule has 0 bridgehead atoms. The Hall–Kier alpha value is -1.06. The first-order chi connectivity index (χ1) is 6.68. The van der Waals surface area contributed by atoms with Crippen LogP contribution in [0.4, 0.5) is 5.00 Å². The zero-order valence-electron chi connectivity index (χ0n) is 7.62. The van der Waals surface area contributed by atoms with Crippen LogP contribution >= 0.6 is 22.9 Å². The third kappa shape index (κ3) is 1.61. The van der Waals surface area contributed by atoms with Crippen LogP contribution in [0.5, 0.6) is 0 Å². The van der Waals surface area contributed by atoms with Crippen molar-refractivity contribution in [3.05, 3.63) is 34.3 Å². The summed E-state index contributed by atoms with van der Waals surface area (Å²) >= 11 is 7.45. The van der Waals surface area contributed by atoms with Crippen LogP contribution in [-0.2, 0) is 0 Å². The number of aromatic nitrogens is 1. The molecule has 1 aromatic carbocycles. The zero-order chi connectivity index (χ0) is 10.1. The van der Waals surface area contributed by atoms with Gasteiger partial charge in [-0.15, -0.1) is 11.3 Å². The SMILES string of the molecule is Cc1ccc(-c2ncsc2N)cc1Cl. The number of aryl methyl sites for hydroxylation is 1. The maximum atomic E-state index is 6.02. The molecule has 0 aliphatic carbocycles. The van der Waals surface area contributed by atoms with E-state index in [2.05, 4.69) is 4.98 Å². The van der Waals surface area contributed by atoms with Gasteiger partial charge >= 0.3 is 0 Å². The van der Waals surface area contributed by atoms with Crippen LogP contribution in [0.2, 0.25) is 5.02 Å². The molecule has 0 spiro atoms. The van der Waals surface area contributed by atoms with Crippen LogP contribution in [0.1, 0.15) is 5.56 Å². The summed E-state index contributed by atoms with van der Waals surface area (Å²) in [5.74, 6) is 0. The highest BCUT2D eigenvalue weighted by Crippen LogP contribution is 2.30. The summed E-state index contributed by atoms with van der Waals surface area (Å²) in [6.45, 7) is 1.97. The number of thiazole rings is 1. The highest BCUT2D eigenvalue weighted by Gasteiger charge is 2.06. The number of hydrogen-bond donors (Lipinski definition) is 1. The summed E-state index contributed by atoms with van der Waals surface area (Å²) in [6, 6.07) is 5.84. The Morgan fingerprint density at radius 1 is 1.43 bits per heavy atom. The molecule has 0 saturated heterocycles. The van der Waals surface area contributed by atoms with Gasteiger partial charge in [0.05, 0.1) is 5.51 Å². The smallest absolute Gasteiger partial charge is 0.114 e. The molecule has 1 aromatic heterocycles. The predicted octanol–water partition coefficient (Wildman–Crippen LogP) is 3.35. The number of nitrogens with two attached hydrogens (primary N) is 1. The maximum absolute atomic E-state index is 6.02. The Labute approximate surface area is 91.4 Å². The number of benzene rings is 1. The molecule has 0 aliphatic rings. The fraction of sp³-hybridized carbons (Fsp3) is 0.100. The summed E-state index contributed by atoms with van der Waals surface area (Å²) in [7, 11) is 0. The van der Waals surface area contributed by atoms with Crippen molar-refractivity contribution in [3.8, 4) is 11.3 Å². The topological polar surface area (TPSA) is 38.9 Å². The van der Waals surface area contributed by atoms with Gasteiger partial charge in [0.1, 0.15) is 10.7 Å². The molecule has 14 heavy (non-hydrogen) atoms. The second-order valence-corrected chi connectivity index (χ2v) is 4.32. The van der Waals surface area contributed by atoms with Gasteiger partial charge in [-0.1, -0.05) is 23.7 Å². The molecule has 0 atom stereocenters. The van der Waals surface area contributed by atoms with Crippen molar-refractivity contribution >= 4 is 27.9 Å². The Bertz CT molecular complexity index is 465. The van der Waals surface area contributed by atoms with Gasteiger partial charge in [0.25, 0.3) is 0 Å². The minimum absolute atomic E-state index is 0.727. The second kappa shape index (κ2) is 3.59. The molecular weight excluding hydrogens is 216 g/mol. The lowest BCUT2D eigenvalue weighted by Crippen LogP contribution is -1.86. The molecule has 0 amide bonds. The fourth-order valence-electron chi connectivity index (χ4n) is 1.21. The number of nitrogens with zero attached hydrogens (tertiary/aromatic N) is 1. The predicted molar refractivity (Wildman–Crippen MR) is 61.7 cm³/mol. The Morgan fingerprint density at radius 3 is 2.79 bits per heavy atom. The van der Waals surface area contributed by atoms with Gasteiger partial charge in [-0.2, -0.15) is 0 Å². The molecule has 0 fully saturated rings. The van der Waals surface area contributed by atoms with Gasteiger partial charge in [-0.25, -0.2) is 4.98 Å². The van der Waals surface area contributed by atoms with E-state index in [-0.39, 0.29) is 0 Å². The fourth-order valence-corrected chi connectivity index (χ4v) is 1.95. The molecule has 0 radical (unpaired) electrons. The van der Waals surface area contributed by atoms with Crippen molar-refractivity contribution in [2.45, 2.75) is 6.92 Å². The first-order valence-corrected chi connectivity index (χ1v) is 5.39. The first kappa shape index (κ1) is 9.49. The lowest BCUT2D eigenvalue weighted by atomic mass is 10.1. The zero-order valence-corrected chi connectivity index (χ0v) is 9.19. The summed E-state index contributed by atoms with van der Waals surface area (Å²) in [5.41, 5.74) is 10.4. The van der Waals surface area contributed by atoms with E-state index >= 15 is 0 Å². The van der Waals surface area contributed by atoms with Crippen LogP contribution in [0.15, 0.2) is 23.7 Å². The van der Waals surface area contributed by atoms with Crippen molar-refractivity contribution < 1.29 is 0 Å². The first-order valence-electron chi connectivity index (χ1n) is 4.14. The molecule has 2 nitrogen and oxygen atoms in total. The summed E-state index contributed by atoms with van der Waals surface area (Å²) in [6.07, 6.45) is 0. The van der Waals surface area contributed by atoms with E-state index in [9.17, 15) is 0 Å². The average molecular weight is 225 g/mol. The minimum atomic E-state index is 0.727. The van der Waals surface area contributed by atoms with E-state index < -0.39 is 0 Å². The van der Waals surface area contributed by atoms with Gasteiger partial charge in [-0.3, -0.25) is 0 Å². The van der Waals surface area contributed by atoms with Gasteiger partial charge in [0.15, 0.2) is 0 Å². The molecule has 72 valence electrons. The molecule has 0 saturated carbocycles. The summed E-state index contributed by atoms with van der Waals surface area (Å²) in [5, 5.41) is 1.47. The van der Waals surface area contributed by atoms with Gasteiger partial charge in [-0.05, 0) is 18.6 Å².